The minimum Gasteiger partial charge on any atom is -0.493 e. The van der Waals surface area contributed by atoms with Gasteiger partial charge in [-0.1, -0.05) is 434 Å². The van der Waals surface area contributed by atoms with Gasteiger partial charge < -0.3 is 19.4 Å². The van der Waals surface area contributed by atoms with E-state index in [4.69, 9.17) is 0 Å². The molecule has 0 aromatic heterocycles. The molecule has 3 rings (SSSR count). The summed E-state index contributed by atoms with van der Waals surface area (Å²) in [5.74, 6) is 0. The zero-order valence-corrected chi connectivity index (χ0v) is 70.3. The Labute approximate surface area is 640 Å². The van der Waals surface area contributed by atoms with E-state index in [1.807, 2.05) is 0 Å². The first-order valence-corrected chi connectivity index (χ1v) is 45.6. The Morgan fingerprint density at radius 3 is 0.570 bits per heavy atom. The minimum absolute atomic E-state index is 0. The quantitative estimate of drug-likeness (QED) is 0.0273. The molecular formula is C97H176N2Ni. The van der Waals surface area contributed by atoms with Crippen LogP contribution in [0.3, 0.4) is 0 Å². The van der Waals surface area contributed by atoms with Gasteiger partial charge in [0.15, 0.2) is 0 Å². The topological polar surface area (TPSA) is 25.3 Å². The largest absolute Gasteiger partial charge is 2.00 e. The minimum atomic E-state index is 0. The van der Waals surface area contributed by atoms with E-state index in [2.05, 4.69) is 106 Å². The molecule has 0 unspecified atom stereocenters. The van der Waals surface area contributed by atoms with Crippen molar-refractivity contribution in [1.29, 1.82) is 0 Å². The van der Waals surface area contributed by atoms with Crippen LogP contribution in [0.5, 0.6) is 0 Å². The number of aryl methyl sites for hydroxylation is 4. The smallest absolute Gasteiger partial charge is 0.493 e. The molecule has 0 radical (unpaired) electrons. The molecule has 0 N–H and O–H groups in total. The Bertz CT molecular complexity index is 1960. The normalized spacial score (nSPS) is 12.2. The Balaban J connectivity index is 0.00000167. The molecule has 2 aromatic carbocycles. The predicted molar refractivity (Wildman–Crippen MR) is 451 cm³/mol. The van der Waals surface area contributed by atoms with E-state index in [-0.39, 0.29) is 16.5 Å². The van der Waals surface area contributed by atoms with E-state index >= 15 is 0 Å². The fraction of sp³-hybridized carbons (Fsp3) is 0.814. The van der Waals surface area contributed by atoms with E-state index in [0.717, 1.165) is 75.6 Å². The Morgan fingerprint density at radius 1 is 0.210 bits per heavy atom. The Kier molecular flexibility index (Phi) is 75.1. The maximum absolute atomic E-state index is 12.6. The summed E-state index contributed by atoms with van der Waals surface area (Å²) in [4.78, 5) is 0. The molecular weight excluding hydrogens is 1250 g/mol. The van der Waals surface area contributed by atoms with Crippen molar-refractivity contribution in [2.45, 2.75) is 511 Å². The third-order valence-electron chi connectivity index (χ3n) is 21.8. The van der Waals surface area contributed by atoms with E-state index in [1.165, 1.54) is 436 Å². The zero-order valence-electron chi connectivity index (χ0n) is 69.3. The number of hydrogen-bond donors (Lipinski definition) is 0. The Morgan fingerprint density at radius 2 is 0.370 bits per heavy atom. The summed E-state index contributed by atoms with van der Waals surface area (Å²) in [7, 11) is 0. The van der Waals surface area contributed by atoms with Crippen LogP contribution >= 0.6 is 0 Å². The maximum Gasteiger partial charge on any atom is 2.00 e. The van der Waals surface area contributed by atoms with Crippen molar-refractivity contribution in [2.24, 2.45) is 0 Å². The number of benzene rings is 2. The molecule has 2 nitrogen and oxygen atoms in total. The molecule has 1 heterocycles. The van der Waals surface area contributed by atoms with Crippen molar-refractivity contribution in [2.75, 3.05) is 0 Å². The molecule has 0 atom stereocenters. The molecule has 1 aliphatic rings. The van der Waals surface area contributed by atoms with Crippen molar-refractivity contribution in [3.05, 3.63) is 100 Å². The average Bonchev–Trinajstić information content (AvgIpc) is 1.60. The van der Waals surface area contributed by atoms with Gasteiger partial charge in [-0.2, -0.15) is 12.8 Å². The van der Waals surface area contributed by atoms with Crippen molar-refractivity contribution in [1.82, 2.24) is 0 Å². The first kappa shape index (κ1) is 98.0. The van der Waals surface area contributed by atoms with Gasteiger partial charge in [0.05, 0.1) is 0 Å². The number of nitrogens with zero attached hydrogens (tertiary/aromatic N) is 2. The number of allylic oxidation sites excluding steroid dienone is 2. The van der Waals surface area contributed by atoms with Crippen LogP contribution in [0, 0.1) is 13.8 Å². The zero-order chi connectivity index (χ0) is 71.8. The standard InChI is InChI=1S/C49H78N2.2C24H49.Ni/c1-7-13-19-24-28-40-34-41(29-25-20-14-8-2)37-44(36-40)48-46(32-18-12-6)47(33-23-17-11-5)49(51(48)50)45-38-42(30-26-21-15-9-3)35-43(39-45)31-27-22-16-10-4;2*1-3-5-7-9-11-13-15-17-19-21-23-24-22-20-18-16-14-12-10-8-6-4-2;/h34-39H,7-33H2,1-6H3;2*1,3-24H2,2H3;/q;2*-1;+2. The van der Waals surface area contributed by atoms with E-state index in [0.29, 0.717) is 0 Å². The third-order valence-corrected chi connectivity index (χ3v) is 21.8. The molecule has 0 saturated heterocycles. The van der Waals surface area contributed by atoms with E-state index < -0.39 is 0 Å². The number of unbranched alkanes of at least 4 members (excludes halogenated alkanes) is 57. The van der Waals surface area contributed by atoms with Crippen LogP contribution in [0.25, 0.3) is 16.9 Å². The molecule has 3 heteroatoms. The molecule has 1 aliphatic heterocycles. The molecule has 0 spiro atoms. The van der Waals surface area contributed by atoms with Gasteiger partial charge in [-0.15, -0.1) is 0 Å². The summed E-state index contributed by atoms with van der Waals surface area (Å²) in [6.45, 7) is 26.2. The predicted octanol–water partition coefficient (Wildman–Crippen LogP) is 35.0. The first-order valence-electron chi connectivity index (χ1n) is 45.6. The van der Waals surface area contributed by atoms with Crippen LogP contribution < -0.4 is 0 Å². The first-order chi connectivity index (χ1) is 48.8. The monoisotopic (exact) mass is 1430 g/mol. The second-order valence-corrected chi connectivity index (χ2v) is 31.7. The third kappa shape index (κ3) is 55.5. The van der Waals surface area contributed by atoms with Gasteiger partial charge in [-0.3, -0.25) is 0 Å². The fourth-order valence-corrected chi connectivity index (χ4v) is 15.3. The molecule has 0 aliphatic carbocycles. The van der Waals surface area contributed by atoms with Crippen molar-refractivity contribution in [3.8, 4) is 0 Å². The summed E-state index contributed by atoms with van der Waals surface area (Å²) >= 11 is 0. The van der Waals surface area contributed by atoms with Gasteiger partial charge in [-0.05, 0) is 124 Å². The van der Waals surface area contributed by atoms with Crippen molar-refractivity contribution < 1.29 is 21.2 Å². The van der Waals surface area contributed by atoms with Crippen molar-refractivity contribution in [3.63, 3.8) is 0 Å². The second kappa shape index (κ2) is 76.7. The van der Waals surface area contributed by atoms with Crippen LogP contribution in [-0.2, 0) is 42.2 Å². The second-order valence-electron chi connectivity index (χ2n) is 31.7. The summed E-state index contributed by atoms with van der Waals surface area (Å²) in [5.41, 5.74) is 25.9. The summed E-state index contributed by atoms with van der Waals surface area (Å²) in [6.07, 6.45) is 96.6. The molecule has 2 aromatic rings. The van der Waals surface area contributed by atoms with Crippen molar-refractivity contribution >= 4 is 11.4 Å². The Hall–Kier alpha value is -1.99. The van der Waals surface area contributed by atoms with Crippen LogP contribution in [0.15, 0.2) is 47.5 Å². The molecule has 0 fully saturated rings. The summed E-state index contributed by atoms with van der Waals surface area (Å²) < 4.78 is 1.68. The van der Waals surface area contributed by atoms with E-state index in [1.54, 1.807) is 4.70 Å². The average molecular weight is 1430 g/mol. The molecule has 0 saturated carbocycles. The number of hydrogen-bond acceptors (Lipinski definition) is 0. The summed E-state index contributed by atoms with van der Waals surface area (Å²) in [6, 6.07) is 14.8. The van der Waals surface area contributed by atoms with Gasteiger partial charge in [0.1, 0.15) is 0 Å². The molecule has 100 heavy (non-hydrogen) atoms. The SMILES string of the molecule is CCCCCCc1cc(CCCCCC)cc(C2=C(CCCC)C(CCCCC)=C(c3cc(CCCCCC)cc(CCCCCC)c3)[N+]2=[N-])c1.[CH2-]CCCCCCCCCCCCCCCCCCCCCCC.[CH2-]CCCCCCCCCCCCCCCCCCCCCCC.[Ni+2]. The molecule has 0 bridgehead atoms. The van der Waals surface area contributed by atoms with Crippen LogP contribution in [0.4, 0.5) is 0 Å². The van der Waals surface area contributed by atoms with Gasteiger partial charge in [0, 0.05) is 22.3 Å². The fourth-order valence-electron chi connectivity index (χ4n) is 15.3. The van der Waals surface area contributed by atoms with Crippen LogP contribution in [-0.4, -0.2) is 4.70 Å². The summed E-state index contributed by atoms with van der Waals surface area (Å²) in [5, 5.41) is 0. The molecule has 584 valence electrons. The van der Waals surface area contributed by atoms with E-state index in [9.17, 15) is 5.53 Å². The maximum atomic E-state index is 12.6. The van der Waals surface area contributed by atoms with Gasteiger partial charge in [0.25, 0.3) is 0 Å². The van der Waals surface area contributed by atoms with Gasteiger partial charge in [-0.25, -0.2) is 4.70 Å². The molecule has 0 amide bonds. The number of rotatable bonds is 71. The van der Waals surface area contributed by atoms with Gasteiger partial charge >= 0.3 is 16.5 Å². The van der Waals surface area contributed by atoms with Gasteiger partial charge in [0.2, 0.25) is 11.4 Å². The van der Waals surface area contributed by atoms with Crippen LogP contribution in [0.1, 0.15) is 519 Å². The van der Waals surface area contributed by atoms with Crippen LogP contribution in [0.2, 0.25) is 0 Å².